The number of urea groups is 1. The topological polar surface area (TPSA) is 372 Å². The van der Waals surface area contributed by atoms with Gasteiger partial charge in [-0.3, -0.25) is 39.0 Å². The summed E-state index contributed by atoms with van der Waals surface area (Å²) < 4.78 is 35.0. The number of carbonyl (C=O) groups is 11. The van der Waals surface area contributed by atoms with Crippen molar-refractivity contribution in [1.82, 2.24) is 31.2 Å². The number of nitrogens with zero attached hydrogens (tertiary/aromatic N) is 3. The van der Waals surface area contributed by atoms with E-state index in [1.165, 1.54) is 52.3 Å². The van der Waals surface area contributed by atoms with Crippen molar-refractivity contribution in [1.29, 1.82) is 0 Å². The minimum atomic E-state index is -1.92. The number of epoxide rings is 1. The molecule has 2 aromatic carbocycles. The molecule has 10 atom stereocenters. The zero-order valence-electron chi connectivity index (χ0n) is 52.2. The highest BCUT2D eigenvalue weighted by Gasteiger charge is 2.64. The average Bonchev–Trinajstić information content (AvgIpc) is 1.57. The second kappa shape index (κ2) is 31.4. The molecule has 2 aromatic rings. The molecule has 28 nitrogen and oxygen atoms in total. The maximum Gasteiger partial charge on any atom is 0.410 e. The Balaban J connectivity index is 1.08. The lowest BCUT2D eigenvalue weighted by Crippen LogP contribution is -2.63. The molecule has 4 aliphatic heterocycles. The van der Waals surface area contributed by atoms with Gasteiger partial charge in [0.2, 0.25) is 23.6 Å². The van der Waals surface area contributed by atoms with Gasteiger partial charge in [-0.05, 0) is 94.2 Å². The van der Waals surface area contributed by atoms with Crippen LogP contribution in [0.4, 0.5) is 25.8 Å². The number of anilines is 2. The lowest BCUT2D eigenvalue weighted by molar-refractivity contribution is -0.197. The van der Waals surface area contributed by atoms with Gasteiger partial charge < -0.3 is 70.3 Å². The van der Waals surface area contributed by atoms with Crippen molar-refractivity contribution >= 4 is 88.6 Å². The molecule has 3 fully saturated rings. The fraction of sp³-hybridized carbons (Fsp3) is 0.557. The number of imide groups is 1. The quantitative estimate of drug-likeness (QED) is 0.0265. The molecule has 29 heteroatoms. The van der Waals surface area contributed by atoms with Gasteiger partial charge in [0, 0.05) is 71.5 Å². The third kappa shape index (κ3) is 18.6. The summed E-state index contributed by atoms with van der Waals surface area (Å²) in [5, 5.41) is 25.5. The Kier molecular flexibility index (Phi) is 24.7. The second-order valence-electron chi connectivity index (χ2n) is 23.3. The van der Waals surface area contributed by atoms with Crippen LogP contribution in [-0.4, -0.2) is 169 Å². The number of primary amides is 1. The standard InChI is InChI=1S/C61H82ClN9O19/c1-33(2)52(67-46(72)18-11-12-19-50(76)90-71-47(73)24-25-48(71)74)55(78)66-40(16-14-26-64-57(63)80)54(77)65-39-22-20-37(21-23-39)32-86-59(82)69(7)36(5)56(79)88-45-30-49(75)70(8)41-28-38(29-42(84-9)51(41)62)27-34(3)15-13-17-44(85-10)61(83)31-43(87-58(81)68-61)35(4)53-60(45,6)89-53/h13,15,17,20-23,28-29,33,35-36,40,43-45,52-53,83H,11-12,14,16,18-19,24-27,30-32H2,1-10H3,(H,65,77)(H,66,78)(H,67,72)(H,68,81)(H3,63,64,80)/b17-13+,34-15-/t35-,36+,40+,43+,44-,45?,52+,53+,60+,61+/m1/s1. The van der Waals surface area contributed by atoms with E-state index < -0.39 is 138 Å². The van der Waals surface area contributed by atoms with Gasteiger partial charge in [0.1, 0.15) is 59.4 Å². The van der Waals surface area contributed by atoms with E-state index in [-0.39, 0.29) is 81.6 Å². The van der Waals surface area contributed by atoms with Crippen LogP contribution in [0.2, 0.25) is 5.02 Å². The predicted octanol–water partition coefficient (Wildman–Crippen LogP) is 4.50. The van der Waals surface area contributed by atoms with Crippen LogP contribution in [0.1, 0.15) is 117 Å². The van der Waals surface area contributed by atoms with Gasteiger partial charge in [0.15, 0.2) is 5.72 Å². The Morgan fingerprint density at radius 2 is 1.62 bits per heavy atom. The number of nitrogens with one attached hydrogen (secondary N) is 5. The Morgan fingerprint density at radius 1 is 0.944 bits per heavy atom. The highest BCUT2D eigenvalue weighted by Crippen LogP contribution is 2.49. The SMILES string of the molecule is COc1cc2cc(c1Cl)N(C)C(=O)CC(OC(=O)[C@H](C)N(C)C(=O)OCc1ccc(NC(=O)[C@H](CCCNC(N)=O)NC(=O)[C@@H](NC(=O)CCCCC(=O)ON3C(=O)CCC3=O)C(C)C)cc1)[C@]1(C)O[C@H]1[C@H](C)[C@@H]1C[C@@](O)(NC(=O)O1)[C@H](OC)/C=C/C=C(/C)C2. The second-order valence-corrected chi connectivity index (χ2v) is 23.7. The molecule has 0 radical (unpaired) electrons. The summed E-state index contributed by atoms with van der Waals surface area (Å²) in [7, 11) is 5.68. The zero-order chi connectivity index (χ0) is 66.4. The summed E-state index contributed by atoms with van der Waals surface area (Å²) in [6, 6.07) is 5.31. The van der Waals surface area contributed by atoms with E-state index in [1.807, 2.05) is 13.0 Å². The Bertz CT molecular complexity index is 3070. The number of amides is 10. The maximum atomic E-state index is 14.4. The molecule has 10 amide bonds. The molecular formula is C61H82ClN9O19. The van der Waals surface area contributed by atoms with E-state index in [9.17, 15) is 57.8 Å². The number of alkyl carbamates (subject to hydrolysis) is 1. The number of carbonyl (C=O) groups excluding carboxylic acids is 11. The number of methoxy groups -OCH3 is 2. The van der Waals surface area contributed by atoms with Gasteiger partial charge in [-0.1, -0.05) is 68.3 Å². The number of rotatable bonds is 23. The first-order valence-electron chi connectivity index (χ1n) is 29.6. The number of aliphatic hydroxyl groups is 1. The molecule has 3 saturated heterocycles. The zero-order valence-corrected chi connectivity index (χ0v) is 52.9. The summed E-state index contributed by atoms with van der Waals surface area (Å²) >= 11 is 6.83. The van der Waals surface area contributed by atoms with Crippen LogP contribution in [0.5, 0.6) is 5.75 Å². The first-order valence-corrected chi connectivity index (χ1v) is 29.9. The van der Waals surface area contributed by atoms with Crippen LogP contribution in [0.3, 0.4) is 0 Å². The summed E-state index contributed by atoms with van der Waals surface area (Å²) in [6.07, 6.45) is -0.675. The molecule has 4 aliphatic rings. The first kappa shape index (κ1) is 70.7. The van der Waals surface area contributed by atoms with E-state index in [2.05, 4.69) is 26.6 Å². The van der Waals surface area contributed by atoms with Crippen LogP contribution in [0, 0.1) is 11.8 Å². The van der Waals surface area contributed by atoms with Crippen LogP contribution >= 0.6 is 11.6 Å². The number of likely N-dealkylation sites (N-methyl/N-ethyl adjacent to an activating group) is 1. The molecule has 6 rings (SSSR count). The number of hydroxylamine groups is 2. The number of halogens is 1. The van der Waals surface area contributed by atoms with E-state index in [0.29, 0.717) is 28.5 Å². The fourth-order valence-corrected chi connectivity index (χ4v) is 10.8. The Morgan fingerprint density at radius 3 is 2.27 bits per heavy atom. The highest BCUT2D eigenvalue weighted by molar-refractivity contribution is 6.35. The van der Waals surface area contributed by atoms with Crippen LogP contribution in [0.25, 0.3) is 0 Å². The maximum absolute atomic E-state index is 14.4. The summed E-state index contributed by atoms with van der Waals surface area (Å²) in [6.45, 7) is 9.84. The van der Waals surface area contributed by atoms with E-state index >= 15 is 0 Å². The number of esters is 1. The monoisotopic (exact) mass is 1280 g/mol. The molecule has 0 saturated carbocycles. The van der Waals surface area contributed by atoms with E-state index in [1.54, 1.807) is 64.1 Å². The van der Waals surface area contributed by atoms with Gasteiger partial charge >= 0.3 is 30.2 Å². The first-order chi connectivity index (χ1) is 42.5. The van der Waals surface area contributed by atoms with Gasteiger partial charge in [-0.25, -0.2) is 24.0 Å². The summed E-state index contributed by atoms with van der Waals surface area (Å²) in [4.78, 5) is 150. The molecule has 1 unspecified atom stereocenters. The highest BCUT2D eigenvalue weighted by atomic mass is 35.5. The van der Waals surface area contributed by atoms with E-state index in [0.717, 1.165) is 16.0 Å². The number of hydrogen-bond donors (Lipinski definition) is 7. The van der Waals surface area contributed by atoms with Crippen molar-refractivity contribution in [2.45, 2.75) is 173 Å². The molecule has 4 heterocycles. The van der Waals surface area contributed by atoms with Gasteiger partial charge in [0.25, 0.3) is 11.8 Å². The average molecular weight is 1280 g/mol. The number of benzene rings is 2. The Hall–Kier alpha value is -8.34. The Labute approximate surface area is 526 Å². The largest absolute Gasteiger partial charge is 0.495 e. The minimum absolute atomic E-state index is 0.0353. The number of unbranched alkanes of at least 4 members (excludes halogenated alkanes) is 1. The van der Waals surface area contributed by atoms with Gasteiger partial charge in [-0.2, -0.15) is 0 Å². The number of hydrogen-bond acceptors (Lipinski definition) is 19. The molecule has 0 spiro atoms. The number of fused-ring (bicyclic) bond motifs is 5. The van der Waals surface area contributed by atoms with Crippen LogP contribution in [-0.2, 0) is 79.9 Å². The molecule has 8 N–H and O–H groups in total. The third-order valence-corrected chi connectivity index (χ3v) is 16.5. The molecule has 90 heavy (non-hydrogen) atoms. The molecule has 492 valence electrons. The molecule has 0 aromatic heterocycles. The van der Waals surface area contributed by atoms with Crippen LogP contribution in [0.15, 0.2) is 60.2 Å². The fourth-order valence-electron chi connectivity index (χ4n) is 10.5. The predicted molar refractivity (Wildman–Crippen MR) is 322 cm³/mol. The third-order valence-electron chi connectivity index (χ3n) is 16.1. The lowest BCUT2D eigenvalue weighted by Gasteiger charge is -2.42. The summed E-state index contributed by atoms with van der Waals surface area (Å²) in [5.41, 5.74) is 4.60. The van der Waals surface area contributed by atoms with Crippen molar-refractivity contribution in [3.63, 3.8) is 0 Å². The number of allylic oxidation sites excluding steroid dienone is 3. The van der Waals surface area contributed by atoms with Crippen molar-refractivity contribution in [2.24, 2.45) is 17.6 Å². The van der Waals surface area contributed by atoms with Gasteiger partial charge in [0.05, 0.1) is 25.3 Å². The molecular weight excluding hydrogens is 1200 g/mol. The molecule has 0 aliphatic carbocycles. The van der Waals surface area contributed by atoms with Crippen molar-refractivity contribution in [3.8, 4) is 5.75 Å². The normalized spacial score (nSPS) is 24.5. The lowest BCUT2D eigenvalue weighted by atomic mass is 9.83. The molecule has 4 bridgehead atoms. The van der Waals surface area contributed by atoms with Crippen molar-refractivity contribution in [3.05, 3.63) is 76.3 Å². The number of nitrogens with two attached hydrogens (primary N) is 1. The van der Waals surface area contributed by atoms with Crippen molar-refractivity contribution in [2.75, 3.05) is 45.1 Å². The van der Waals surface area contributed by atoms with Crippen LogP contribution < -0.4 is 42.0 Å². The number of ether oxygens (including phenoxy) is 6. The smallest absolute Gasteiger partial charge is 0.410 e. The van der Waals surface area contributed by atoms with E-state index in [4.69, 9.17) is 50.6 Å². The van der Waals surface area contributed by atoms with Crippen molar-refractivity contribution < 1.29 is 91.1 Å². The summed E-state index contributed by atoms with van der Waals surface area (Å²) in [5.74, 6) is -6.11. The van der Waals surface area contributed by atoms with Gasteiger partial charge in [-0.15, -0.1) is 5.06 Å². The minimum Gasteiger partial charge on any atom is -0.495 e.